The Labute approximate surface area is 164 Å². The van der Waals surface area contributed by atoms with Crippen molar-refractivity contribution in [3.8, 4) is 11.5 Å². The molecule has 0 heterocycles. The molecule has 2 atom stereocenters. The Morgan fingerprint density at radius 3 is 1.61 bits per heavy atom. The number of esters is 2. The van der Waals surface area contributed by atoms with E-state index in [1.54, 1.807) is 13.8 Å². The van der Waals surface area contributed by atoms with Crippen molar-refractivity contribution in [2.45, 2.75) is 45.4 Å². The summed E-state index contributed by atoms with van der Waals surface area (Å²) in [6.07, 6.45) is 2.09. The van der Waals surface area contributed by atoms with Gasteiger partial charge in [-0.1, -0.05) is 44.3 Å². The van der Waals surface area contributed by atoms with E-state index in [0.717, 1.165) is 34.7 Å². The average Bonchev–Trinajstić information content (AvgIpc) is 3.16. The lowest BCUT2D eigenvalue weighted by Crippen LogP contribution is -2.15. The molecular weight excluding hydrogens is 352 g/mol. The van der Waals surface area contributed by atoms with Crippen LogP contribution in [-0.2, 0) is 9.59 Å². The molecule has 1 fully saturated rings. The van der Waals surface area contributed by atoms with Crippen molar-refractivity contribution in [3.63, 3.8) is 0 Å². The lowest BCUT2D eigenvalue weighted by Gasteiger charge is -2.24. The first-order chi connectivity index (χ1) is 13.3. The summed E-state index contributed by atoms with van der Waals surface area (Å²) in [5, 5.41) is 1.56. The third-order valence-electron chi connectivity index (χ3n) is 6.08. The minimum absolute atomic E-state index is 0.291. The second-order valence-electron chi connectivity index (χ2n) is 8.02. The zero-order valence-corrected chi connectivity index (χ0v) is 16.5. The van der Waals surface area contributed by atoms with Gasteiger partial charge in [-0.15, -0.1) is 0 Å². The Morgan fingerprint density at radius 1 is 0.857 bits per heavy atom. The second-order valence-corrected chi connectivity index (χ2v) is 8.02. The Morgan fingerprint density at radius 2 is 1.25 bits per heavy atom. The quantitative estimate of drug-likeness (QED) is 0.406. The molecule has 0 spiro atoms. The third kappa shape index (κ3) is 2.67. The van der Waals surface area contributed by atoms with Gasteiger partial charge in [0, 0.05) is 33.0 Å². The first kappa shape index (κ1) is 18.5. The molecule has 0 aromatic heterocycles. The van der Waals surface area contributed by atoms with Gasteiger partial charge in [0.05, 0.1) is 0 Å². The molecule has 2 aromatic rings. The Balaban J connectivity index is 2.01. The summed E-state index contributed by atoms with van der Waals surface area (Å²) in [6.45, 7) is 12.9. The minimum Gasteiger partial charge on any atom is -0.422 e. The molecule has 2 aliphatic carbocycles. The predicted molar refractivity (Wildman–Crippen MR) is 109 cm³/mol. The van der Waals surface area contributed by atoms with Crippen molar-refractivity contribution in [1.29, 1.82) is 0 Å². The Kier molecular flexibility index (Phi) is 4.37. The zero-order chi connectivity index (χ0) is 20.2. The largest absolute Gasteiger partial charge is 0.422 e. The smallest absolute Gasteiger partial charge is 0.338 e. The fourth-order valence-electron chi connectivity index (χ4n) is 4.71. The molecule has 4 rings (SSSR count). The van der Waals surface area contributed by atoms with Crippen molar-refractivity contribution in [3.05, 3.63) is 59.7 Å². The monoisotopic (exact) mass is 376 g/mol. The van der Waals surface area contributed by atoms with Crippen LogP contribution in [0.25, 0.3) is 10.8 Å². The molecule has 144 valence electrons. The fraction of sp³-hybridized carbons (Fsp3) is 0.333. The lowest BCUT2D eigenvalue weighted by atomic mass is 9.87. The molecule has 2 bridgehead atoms. The Hall–Kier alpha value is -2.88. The summed E-state index contributed by atoms with van der Waals surface area (Å²) in [4.78, 5) is 24.8. The highest BCUT2D eigenvalue weighted by Crippen LogP contribution is 2.63. The van der Waals surface area contributed by atoms with Crippen LogP contribution >= 0.6 is 0 Å². The van der Waals surface area contributed by atoms with E-state index >= 15 is 0 Å². The number of carbonyl (C=O) groups excluding carboxylic acids is 2. The van der Waals surface area contributed by atoms with Crippen LogP contribution in [0.2, 0.25) is 0 Å². The number of rotatable bonds is 4. The zero-order valence-electron chi connectivity index (χ0n) is 16.5. The SMILES string of the molecule is C=C(C)C(=O)Oc1c2c(c(OC(=O)C(=C)C)c3ccccc13)C1CCC2C1C. The molecule has 2 aromatic carbocycles. The number of benzene rings is 2. The molecule has 0 aliphatic heterocycles. The van der Waals surface area contributed by atoms with E-state index in [-0.39, 0.29) is 0 Å². The number of hydrogen-bond donors (Lipinski definition) is 0. The third-order valence-corrected chi connectivity index (χ3v) is 6.08. The van der Waals surface area contributed by atoms with Crippen LogP contribution in [0.5, 0.6) is 11.5 Å². The van der Waals surface area contributed by atoms with Gasteiger partial charge in [0.25, 0.3) is 0 Å². The predicted octanol–water partition coefficient (Wildman–Crippen LogP) is 5.41. The molecule has 2 aliphatic rings. The Bertz CT molecular complexity index is 964. The van der Waals surface area contributed by atoms with E-state index in [2.05, 4.69) is 20.1 Å². The molecule has 0 saturated heterocycles. The standard InChI is InChI=1S/C24H24O4/c1-12(2)23(25)27-21-17-8-6-7-9-18(17)22(28-24(26)13(3)4)20-16-11-10-15(14(16)5)19(20)21/h6-9,14-16H,1,3,10-11H2,2,4-5H3. The number of fused-ring (bicyclic) bond motifs is 6. The minimum atomic E-state index is -0.436. The molecule has 2 unspecified atom stereocenters. The van der Waals surface area contributed by atoms with E-state index in [4.69, 9.17) is 9.47 Å². The van der Waals surface area contributed by atoms with Crippen molar-refractivity contribution < 1.29 is 19.1 Å². The van der Waals surface area contributed by atoms with E-state index in [1.807, 2.05) is 24.3 Å². The van der Waals surface area contributed by atoms with Gasteiger partial charge in [-0.25, -0.2) is 9.59 Å². The first-order valence-corrected chi connectivity index (χ1v) is 9.65. The van der Waals surface area contributed by atoms with Gasteiger partial charge in [0.1, 0.15) is 11.5 Å². The fourth-order valence-corrected chi connectivity index (χ4v) is 4.71. The van der Waals surface area contributed by atoms with Crippen LogP contribution in [-0.4, -0.2) is 11.9 Å². The summed E-state index contributed by atoms with van der Waals surface area (Å²) in [7, 11) is 0. The van der Waals surface area contributed by atoms with Crippen molar-refractivity contribution >= 4 is 22.7 Å². The van der Waals surface area contributed by atoms with Crippen LogP contribution < -0.4 is 9.47 Å². The second kappa shape index (κ2) is 6.62. The van der Waals surface area contributed by atoms with Gasteiger partial charge in [0.2, 0.25) is 0 Å². The van der Waals surface area contributed by atoms with E-state index < -0.39 is 11.9 Å². The van der Waals surface area contributed by atoms with Gasteiger partial charge in [-0.2, -0.15) is 0 Å². The highest BCUT2D eigenvalue weighted by atomic mass is 16.5. The summed E-state index contributed by atoms with van der Waals surface area (Å²) >= 11 is 0. The van der Waals surface area contributed by atoms with Crippen molar-refractivity contribution in [2.75, 3.05) is 0 Å². The van der Waals surface area contributed by atoms with Gasteiger partial charge in [-0.3, -0.25) is 0 Å². The van der Waals surface area contributed by atoms with Crippen LogP contribution in [0.1, 0.15) is 56.6 Å². The molecule has 4 heteroatoms. The normalized spacial score (nSPS) is 22.0. The number of hydrogen-bond acceptors (Lipinski definition) is 4. The van der Waals surface area contributed by atoms with Crippen molar-refractivity contribution in [2.24, 2.45) is 5.92 Å². The lowest BCUT2D eigenvalue weighted by molar-refractivity contribution is -0.131. The van der Waals surface area contributed by atoms with Crippen LogP contribution in [0.15, 0.2) is 48.6 Å². The molecule has 1 saturated carbocycles. The molecule has 0 amide bonds. The maximum Gasteiger partial charge on any atom is 0.338 e. The van der Waals surface area contributed by atoms with Gasteiger partial charge < -0.3 is 9.47 Å². The van der Waals surface area contributed by atoms with Crippen LogP contribution in [0, 0.1) is 5.92 Å². The highest BCUT2D eigenvalue weighted by Gasteiger charge is 2.48. The molecule has 0 N–H and O–H groups in total. The number of carbonyl (C=O) groups is 2. The van der Waals surface area contributed by atoms with Crippen molar-refractivity contribution in [1.82, 2.24) is 0 Å². The number of ether oxygens (including phenoxy) is 2. The maximum absolute atomic E-state index is 12.4. The highest BCUT2D eigenvalue weighted by molar-refractivity contribution is 6.02. The van der Waals surface area contributed by atoms with Crippen LogP contribution in [0.4, 0.5) is 0 Å². The molecule has 4 nitrogen and oxygen atoms in total. The summed E-state index contributed by atoms with van der Waals surface area (Å²) in [5.74, 6) is 1.31. The van der Waals surface area contributed by atoms with Gasteiger partial charge in [-0.05, 0) is 44.4 Å². The van der Waals surface area contributed by atoms with E-state index in [1.165, 1.54) is 0 Å². The first-order valence-electron chi connectivity index (χ1n) is 9.65. The maximum atomic E-state index is 12.4. The molecule has 0 radical (unpaired) electrons. The molecular formula is C24H24O4. The van der Waals surface area contributed by atoms with Gasteiger partial charge >= 0.3 is 11.9 Å². The summed E-state index contributed by atoms with van der Waals surface area (Å²) in [5.41, 5.74) is 2.74. The topological polar surface area (TPSA) is 52.6 Å². The molecule has 28 heavy (non-hydrogen) atoms. The van der Waals surface area contributed by atoms with E-state index in [9.17, 15) is 9.59 Å². The van der Waals surface area contributed by atoms with Crippen LogP contribution in [0.3, 0.4) is 0 Å². The summed E-state index contributed by atoms with van der Waals surface area (Å²) < 4.78 is 11.7. The van der Waals surface area contributed by atoms with E-state index in [0.29, 0.717) is 40.4 Å². The summed E-state index contributed by atoms with van der Waals surface area (Å²) in [6, 6.07) is 7.61. The van der Waals surface area contributed by atoms with Gasteiger partial charge in [0.15, 0.2) is 0 Å². The average molecular weight is 376 g/mol.